The van der Waals surface area contributed by atoms with Crippen molar-refractivity contribution in [2.45, 2.75) is 44.0 Å². The zero-order chi connectivity index (χ0) is 22.2. The first kappa shape index (κ1) is 21.2. The fraction of sp³-hybridized carbons (Fsp3) is 0.320. The second-order valence-electron chi connectivity index (χ2n) is 8.12. The van der Waals surface area contributed by atoms with E-state index in [9.17, 15) is 4.79 Å². The van der Waals surface area contributed by atoms with Gasteiger partial charge in [0.25, 0.3) is 5.91 Å². The Bertz CT molecular complexity index is 1280. The van der Waals surface area contributed by atoms with E-state index in [-0.39, 0.29) is 11.9 Å². The average Bonchev–Trinajstić information content (AvgIpc) is 3.55. The summed E-state index contributed by atoms with van der Waals surface area (Å²) in [5.74, 6) is 0.863. The lowest BCUT2D eigenvalue weighted by atomic mass is 10.1. The number of fused-ring (bicyclic) bond motifs is 1. The number of likely N-dealkylation sites (tertiary alicyclic amines) is 1. The minimum absolute atomic E-state index is 0.00308. The van der Waals surface area contributed by atoms with Crippen molar-refractivity contribution in [3.63, 3.8) is 0 Å². The smallest absolute Gasteiger partial charge is 0.274 e. The topological polar surface area (TPSA) is 61.9 Å². The zero-order valence-corrected chi connectivity index (χ0v) is 20.1. The molecular weight excluding hydrogens is 436 g/mol. The molecule has 0 saturated carbocycles. The molecule has 3 heterocycles. The summed E-state index contributed by atoms with van der Waals surface area (Å²) in [5, 5.41) is 0.909. The second kappa shape index (κ2) is 8.71. The fourth-order valence-corrected chi connectivity index (χ4v) is 5.74. The van der Waals surface area contributed by atoms with E-state index >= 15 is 0 Å². The van der Waals surface area contributed by atoms with E-state index in [1.165, 1.54) is 10.5 Å². The molecule has 7 heteroatoms. The summed E-state index contributed by atoms with van der Waals surface area (Å²) in [6.45, 7) is 4.84. The van der Waals surface area contributed by atoms with E-state index in [1.807, 2.05) is 17.9 Å². The third-order valence-electron chi connectivity index (χ3n) is 6.10. The van der Waals surface area contributed by atoms with E-state index in [4.69, 9.17) is 4.98 Å². The van der Waals surface area contributed by atoms with Gasteiger partial charge < -0.3 is 9.88 Å². The first-order valence-corrected chi connectivity index (χ1v) is 13.0. The number of aromatic amines is 1. The third kappa shape index (κ3) is 3.84. The second-order valence-corrected chi connectivity index (χ2v) is 10.2. The van der Waals surface area contributed by atoms with Gasteiger partial charge in [0.2, 0.25) is 0 Å². The van der Waals surface area contributed by atoms with Crippen LogP contribution in [0.5, 0.6) is 0 Å². The number of nitrogens with one attached hydrogen (secondary N) is 1. The van der Waals surface area contributed by atoms with E-state index in [0.717, 1.165) is 58.1 Å². The highest BCUT2D eigenvalue weighted by molar-refractivity contribution is 7.98. The van der Waals surface area contributed by atoms with Gasteiger partial charge in [0, 0.05) is 11.4 Å². The molecule has 5 nitrogen and oxygen atoms in total. The lowest BCUT2D eigenvalue weighted by Crippen LogP contribution is -2.31. The number of carbonyl (C=O) groups is 1. The van der Waals surface area contributed by atoms with Gasteiger partial charge in [-0.25, -0.2) is 9.97 Å². The molecule has 5 rings (SSSR count). The van der Waals surface area contributed by atoms with Gasteiger partial charge in [0.15, 0.2) is 0 Å². The van der Waals surface area contributed by atoms with Gasteiger partial charge in [-0.1, -0.05) is 31.2 Å². The van der Waals surface area contributed by atoms with E-state index in [2.05, 4.69) is 59.5 Å². The number of aryl methyl sites for hydroxylation is 2. The number of imidazole rings is 1. The van der Waals surface area contributed by atoms with Crippen LogP contribution in [0.25, 0.3) is 21.5 Å². The number of nitrogens with zero attached hydrogens (tertiary/aromatic N) is 3. The van der Waals surface area contributed by atoms with Crippen LogP contribution >= 0.6 is 23.1 Å². The highest BCUT2D eigenvalue weighted by Gasteiger charge is 2.35. The summed E-state index contributed by atoms with van der Waals surface area (Å²) >= 11 is 3.30. The number of carbonyl (C=O) groups excluding carboxylic acids is 1. The summed E-state index contributed by atoms with van der Waals surface area (Å²) in [6, 6.07) is 14.7. The Hall–Kier alpha value is -2.64. The van der Waals surface area contributed by atoms with Crippen molar-refractivity contribution in [2.24, 2.45) is 0 Å². The van der Waals surface area contributed by atoms with Gasteiger partial charge in [-0.2, -0.15) is 0 Å². The average molecular weight is 463 g/mol. The van der Waals surface area contributed by atoms with E-state index < -0.39 is 0 Å². The molecule has 1 fully saturated rings. The van der Waals surface area contributed by atoms with Crippen LogP contribution in [0.1, 0.15) is 52.7 Å². The van der Waals surface area contributed by atoms with Crippen molar-refractivity contribution in [2.75, 3.05) is 12.8 Å². The molecule has 1 saturated heterocycles. The summed E-state index contributed by atoms with van der Waals surface area (Å²) in [5.41, 5.74) is 4.87. The molecule has 4 aromatic rings. The van der Waals surface area contributed by atoms with Crippen molar-refractivity contribution in [1.29, 1.82) is 0 Å². The first-order valence-electron chi connectivity index (χ1n) is 11.0. The Morgan fingerprint density at radius 2 is 2.03 bits per heavy atom. The number of aromatic nitrogens is 3. The predicted octanol–water partition coefficient (Wildman–Crippen LogP) is 6.26. The predicted molar refractivity (Wildman–Crippen MR) is 133 cm³/mol. The minimum atomic E-state index is -0.0510. The van der Waals surface area contributed by atoms with E-state index in [1.54, 1.807) is 23.1 Å². The van der Waals surface area contributed by atoms with Gasteiger partial charge in [-0.3, -0.25) is 4.79 Å². The number of thioether (sulfide) groups is 1. The standard InChI is InChI=1S/C25H26N4OS2/c1-4-16-7-9-17(10-8-16)23-22(26-15(2)32-23)25(30)29-13-5-6-21(29)24-27-19-12-11-18(31-3)14-20(19)28-24/h7-12,14,21H,4-6,13H2,1-3H3,(H,27,28)/t21-/m0/s1. The minimum Gasteiger partial charge on any atom is -0.340 e. The Kier molecular flexibility index (Phi) is 5.78. The molecule has 2 aromatic heterocycles. The Labute approximate surface area is 196 Å². The van der Waals surface area contributed by atoms with Crippen molar-refractivity contribution in [1.82, 2.24) is 19.9 Å². The van der Waals surface area contributed by atoms with Crippen LogP contribution in [0.2, 0.25) is 0 Å². The number of H-pyrrole nitrogens is 1. The third-order valence-corrected chi connectivity index (χ3v) is 7.84. The quantitative estimate of drug-likeness (QED) is 0.356. The summed E-state index contributed by atoms with van der Waals surface area (Å²) in [7, 11) is 0. The largest absolute Gasteiger partial charge is 0.340 e. The SMILES string of the molecule is CCc1ccc(-c2sc(C)nc2C(=O)N2CCC[C@H]2c2nc3ccc(SC)cc3[nH]2)cc1. The van der Waals surface area contributed by atoms with Crippen LogP contribution in [0.3, 0.4) is 0 Å². The Morgan fingerprint density at radius 3 is 2.78 bits per heavy atom. The van der Waals surface area contributed by atoms with Crippen molar-refractivity contribution in [3.8, 4) is 10.4 Å². The molecular formula is C25H26N4OS2. The van der Waals surface area contributed by atoms with Crippen LogP contribution in [0.15, 0.2) is 47.4 Å². The molecule has 32 heavy (non-hydrogen) atoms. The maximum atomic E-state index is 13.7. The monoisotopic (exact) mass is 462 g/mol. The normalized spacial score (nSPS) is 16.2. The molecule has 1 atom stereocenters. The van der Waals surface area contributed by atoms with Crippen LogP contribution in [-0.4, -0.2) is 38.6 Å². The van der Waals surface area contributed by atoms with Gasteiger partial charge in [0.1, 0.15) is 11.5 Å². The maximum Gasteiger partial charge on any atom is 0.274 e. The molecule has 0 radical (unpaired) electrons. The lowest BCUT2D eigenvalue weighted by molar-refractivity contribution is 0.0726. The van der Waals surface area contributed by atoms with Gasteiger partial charge >= 0.3 is 0 Å². The number of hydrogen-bond acceptors (Lipinski definition) is 5. The van der Waals surface area contributed by atoms with Crippen molar-refractivity contribution in [3.05, 3.63) is 64.6 Å². The van der Waals surface area contributed by atoms with Crippen LogP contribution in [-0.2, 0) is 6.42 Å². The molecule has 0 spiro atoms. The Morgan fingerprint density at radius 1 is 1.22 bits per heavy atom. The zero-order valence-electron chi connectivity index (χ0n) is 18.5. The van der Waals surface area contributed by atoms with Gasteiger partial charge in [0.05, 0.1) is 27.0 Å². The highest BCUT2D eigenvalue weighted by Crippen LogP contribution is 2.37. The van der Waals surface area contributed by atoms with Gasteiger partial charge in [-0.15, -0.1) is 23.1 Å². The number of thiazole rings is 1. The molecule has 1 aliphatic rings. The molecule has 0 aliphatic carbocycles. The summed E-state index contributed by atoms with van der Waals surface area (Å²) in [6.07, 6.45) is 4.94. The molecule has 2 aromatic carbocycles. The highest BCUT2D eigenvalue weighted by atomic mass is 32.2. The van der Waals surface area contributed by atoms with Crippen LogP contribution < -0.4 is 0 Å². The number of amides is 1. The van der Waals surface area contributed by atoms with E-state index in [0.29, 0.717) is 5.69 Å². The van der Waals surface area contributed by atoms with Crippen molar-refractivity contribution < 1.29 is 4.79 Å². The van der Waals surface area contributed by atoms with Gasteiger partial charge in [-0.05, 0) is 61.8 Å². The Balaban J connectivity index is 1.48. The van der Waals surface area contributed by atoms with Crippen LogP contribution in [0, 0.1) is 6.92 Å². The summed E-state index contributed by atoms with van der Waals surface area (Å²) in [4.78, 5) is 30.8. The molecule has 1 N–H and O–H groups in total. The molecule has 1 amide bonds. The molecule has 0 bridgehead atoms. The van der Waals surface area contributed by atoms with Crippen LogP contribution in [0.4, 0.5) is 0 Å². The lowest BCUT2D eigenvalue weighted by Gasteiger charge is -2.22. The molecule has 164 valence electrons. The number of hydrogen-bond donors (Lipinski definition) is 1. The number of rotatable bonds is 5. The fourth-order valence-electron chi connectivity index (χ4n) is 4.38. The molecule has 0 unspecified atom stereocenters. The maximum absolute atomic E-state index is 13.7. The number of benzene rings is 2. The first-order chi connectivity index (χ1) is 15.6. The summed E-state index contributed by atoms with van der Waals surface area (Å²) < 4.78 is 0. The van der Waals surface area contributed by atoms with Crippen molar-refractivity contribution >= 4 is 40.0 Å². The molecule has 1 aliphatic heterocycles.